The van der Waals surface area contributed by atoms with Gasteiger partial charge in [0, 0.05) is 117 Å². The molecule has 43 atom stereocenters. The molecule has 0 spiro atoms. The predicted octanol–water partition coefficient (Wildman–Crippen LogP) is 24.0. The topological polar surface area (TPSA) is 265 Å². The molecule has 20 heteroatoms. The molecule has 0 heterocycles. The van der Waals surface area contributed by atoms with Crippen molar-refractivity contribution in [1.29, 1.82) is 1.34 Å². The van der Waals surface area contributed by atoms with E-state index in [-0.39, 0.29) is 154 Å². The van der Waals surface area contributed by atoms with E-state index in [1.54, 1.807) is 0 Å². The molecule has 15 saturated carbocycles. The van der Waals surface area contributed by atoms with E-state index in [1.165, 1.54) is 67.0 Å². The number of alkyl halides is 2. The minimum atomic E-state index is -0.833. The molecule has 134 heavy (non-hydrogen) atoms. The van der Waals surface area contributed by atoms with Crippen LogP contribution in [-0.2, 0) is 71.7 Å². The molecule has 15 fully saturated rings. The van der Waals surface area contributed by atoms with Gasteiger partial charge >= 0.3 is 23.9 Å². The van der Waals surface area contributed by atoms with Gasteiger partial charge in [-0.1, -0.05) is 208 Å². The third kappa shape index (κ3) is 19.3. The number of carboxylic acid groups (broad SMARTS) is 1. The van der Waals surface area contributed by atoms with Gasteiger partial charge in [-0.05, 0) is 323 Å². The lowest BCUT2D eigenvalue weighted by atomic mass is 9.40. The summed E-state index contributed by atoms with van der Waals surface area (Å²) in [6.07, 6.45) is 36.5. The number of methoxy groups -OCH3 is 4. The smallest absolute Gasteiger partial charge is 0.305 e. The second kappa shape index (κ2) is 43.3. The number of fused-ring (bicyclic) bond motifs is 20. The summed E-state index contributed by atoms with van der Waals surface area (Å²) in [7, 11) is 9.55. The van der Waals surface area contributed by atoms with Crippen LogP contribution in [0.3, 0.4) is 0 Å². The van der Waals surface area contributed by atoms with E-state index in [0.717, 1.165) is 154 Å². The highest BCUT2D eigenvalue weighted by Crippen LogP contribution is 2.75. The van der Waals surface area contributed by atoms with Gasteiger partial charge in [-0.3, -0.25) is 52.7 Å². The summed E-state index contributed by atoms with van der Waals surface area (Å²) < 4.78 is 24.7. The van der Waals surface area contributed by atoms with Crippen LogP contribution in [0.2, 0.25) is 0 Å². The highest BCUT2D eigenvalue weighted by Gasteiger charge is 2.75. The number of rotatable bonds is 20. The monoisotopic (exact) mass is 1990 g/mol. The van der Waals surface area contributed by atoms with E-state index in [0.29, 0.717) is 173 Å². The molecule has 2 radical (unpaired) electrons. The molecule has 15 unspecified atom stereocenters. The first-order valence-corrected chi connectivity index (χ1v) is 55.7. The predicted molar refractivity (Wildman–Crippen MR) is 536 cm³/mol. The fourth-order valence-electron chi connectivity index (χ4n) is 36.8. The van der Waals surface area contributed by atoms with Crippen LogP contribution in [0.5, 0.6) is 0 Å². The average Bonchev–Trinajstić information content (AvgIpc) is 1.63. The van der Waals surface area contributed by atoms with Crippen molar-refractivity contribution < 1.29 is 81.9 Å². The first kappa shape index (κ1) is 109. The third-order valence-electron chi connectivity index (χ3n) is 43.8. The van der Waals surface area contributed by atoms with E-state index in [4.69, 9.17) is 30.2 Å². The molecule has 16 aliphatic rings. The number of carboxylic acids is 1. The summed E-state index contributed by atoms with van der Waals surface area (Å²) in [6.45, 7) is 47.2. The highest BCUT2D eigenvalue weighted by atomic mass is 79.9. The van der Waals surface area contributed by atoms with Gasteiger partial charge in [0.15, 0.2) is 5.78 Å². The fourth-order valence-corrected chi connectivity index (χ4v) is 38.8. The number of halogens is 2. The molecule has 0 amide bonds. The quantitative estimate of drug-likeness (QED) is 0.0377. The number of aliphatic carboxylic acids is 1. The van der Waals surface area contributed by atoms with Crippen molar-refractivity contribution in [2.75, 3.05) is 28.4 Å². The number of hydrogen-bond acceptors (Lipinski definition) is 16. The molecule has 756 valence electrons. The number of esters is 4. The summed E-state index contributed by atoms with van der Waals surface area (Å²) >= 11 is 7.97. The summed E-state index contributed by atoms with van der Waals surface area (Å²) in [5.41, 5.74) is -0.195. The van der Waals surface area contributed by atoms with Gasteiger partial charge in [-0.15, -0.1) is 0 Å². The number of Topliss-reactive ketones (excluding diaryl/α,β-unsaturated/α-hetero) is 6. The molecule has 17 nitrogen and oxygen atoms in total. The zero-order valence-electron chi connectivity index (χ0n) is 88.5. The fraction of sp³-hybridized carbons (Fsp3) is 0.886. The molecule has 0 aromatic rings. The minimum absolute atomic E-state index is 0.0151. The number of carbonyl (C=O) groups is 11. The Bertz CT molecular complexity index is 4240. The van der Waals surface area contributed by atoms with Crippen molar-refractivity contribution in [3.05, 3.63) is 12.2 Å². The molecule has 0 aromatic heterocycles. The van der Waals surface area contributed by atoms with Crippen molar-refractivity contribution in [3.8, 4) is 0 Å². The van der Waals surface area contributed by atoms with Crippen LogP contribution in [0.15, 0.2) is 12.2 Å². The molecule has 0 aliphatic heterocycles. The second-order valence-corrected chi connectivity index (χ2v) is 52.0. The van der Waals surface area contributed by atoms with Crippen LogP contribution in [-0.4, -0.2) is 129 Å². The Balaban J connectivity index is 0.000000170. The van der Waals surface area contributed by atoms with Crippen LogP contribution < -0.4 is 0 Å². The number of allylic oxidation sites excluding steroid dienone is 2. The van der Waals surface area contributed by atoms with Crippen LogP contribution in [0, 0.1) is 233 Å². The standard InChI is InChI=1S/C28H45BrO4.C28H43BrO4.C28H44O4.C28H44O3.C2H4O2.BH/c2*1-7-17-20-14-15(2)12-13-27(20,4)23-22(24(17)31)19-10-9-18(16(3)8-11-21(30)33-6)28(19,5)26(29)25(23)32;1-7-18-21-14-16(2)12-13-27(21,4)25-22(29)15-28(5)19(17(3)8-11-23(30)32-6)9-10-20(28)24(25)26(18)31;1-7-19-23-16-17(2)12-14-28(23,5)22-13-15-27(4)20(18(3)8-11-24(29)31-6)9-10-21(27)25(22)26(19)30;1-2(3)4;/h15-20,22-23,25-26,32H,7-14H2,1-6H3;15-20,22-23,26H,7-14H2,1-6H3;16-21,24-25H,7-15H2,1-6H3;13,15,17-23,25H,7-12,14,16H2,1-6H3;1H3,(H,3,4);1H/t15-,16-,17-,18-,19?,20+,22?,23?,25?,26?,27+,28-;15-,16-,17-,18-,19?,20+,22?,23?,26?,27+,28-;16-,17-,18-,19-,20?,21+,24?,25?,27+,28-;17-,18-,19-,20-,21?,22?,23+,25?,27-,28-;;/m1111../s1/i;;;;;1D. The van der Waals surface area contributed by atoms with Gasteiger partial charge in [-0.2, -0.15) is 0 Å². The second-order valence-electron chi connectivity index (χ2n) is 50.1. The zero-order chi connectivity index (χ0) is 100. The molecular formula is C114H181BBr2O17. The van der Waals surface area contributed by atoms with Crippen molar-refractivity contribution in [3.63, 3.8) is 0 Å². The van der Waals surface area contributed by atoms with Crippen molar-refractivity contribution >= 4 is 105 Å². The van der Waals surface area contributed by atoms with Gasteiger partial charge in [0.25, 0.3) is 5.97 Å². The summed E-state index contributed by atoms with van der Waals surface area (Å²) in [6, 6.07) is 0. The number of carbonyl (C=O) groups excluding carboxylic acids is 10. The van der Waals surface area contributed by atoms with E-state index in [1.807, 2.05) is 0 Å². The highest BCUT2D eigenvalue weighted by molar-refractivity contribution is 9.10. The number of aliphatic hydroxyl groups excluding tert-OH is 1. The normalized spacial score (nSPS) is 46.5. The molecule has 16 aliphatic carbocycles. The lowest BCUT2D eigenvalue weighted by Crippen LogP contribution is -2.67. The number of aliphatic hydroxyl groups is 1. The maximum absolute atomic E-state index is 14.2. The lowest BCUT2D eigenvalue weighted by molar-refractivity contribution is -0.191. The Morgan fingerprint density at radius 1 is 0.418 bits per heavy atom. The van der Waals surface area contributed by atoms with E-state index in [2.05, 4.69) is 191 Å². The summed E-state index contributed by atoms with van der Waals surface area (Å²) in [4.78, 5) is 140. The SMILES string of the molecule is CC(=O)O.CC[C@H]1C(=O)C2C3CC[C@H]([C@H](C)CCC(=O)OC)[C@@]3(C)C(Br)C(=O)C2[C@@]2(C)CC[C@@H](C)C[C@@H]12.CC[C@H]1C(=O)C2C3CC[C@H]([C@H](C)CCC(=O)OC)[C@@]3(C)C(Br)C(O)C2[C@@]2(C)CC[C@@H](C)C[C@@H]12.CC[C@H]1C(=O)C2C3CC[C@H]([C@H](C)CCC(=O)OC)[C@@]3(C)C=CC2[C@@]2(C)CC[C@@H](C)C[C@@H]12.CC[C@H]1C(=O)C2C3CC[C@H]([C@H](C)CCC(=O)OC)[C@@]3(C)CC(=O)C2[C@@]2(C)CC[C@@H](C)C[C@@H]12.[2H][B]. The summed E-state index contributed by atoms with van der Waals surface area (Å²) in [5, 5.41) is 19.3. The Kier molecular flexibility index (Phi) is 35.2. The van der Waals surface area contributed by atoms with Crippen molar-refractivity contribution in [2.24, 2.45) is 233 Å². The Morgan fingerprint density at radius 3 is 1.16 bits per heavy atom. The molecule has 0 bridgehead atoms. The van der Waals surface area contributed by atoms with Crippen molar-refractivity contribution in [2.45, 2.75) is 373 Å². The number of ketones is 6. The molecule has 0 aromatic carbocycles. The Morgan fingerprint density at radius 2 is 0.739 bits per heavy atom. The molecule has 16 rings (SSSR count). The number of ether oxygens (including phenoxy) is 4. The van der Waals surface area contributed by atoms with E-state index < -0.39 is 12.1 Å². The van der Waals surface area contributed by atoms with Gasteiger partial charge in [0.05, 0.1) is 39.4 Å². The first-order valence-electron chi connectivity index (χ1n) is 54.4. The zero-order valence-corrected chi connectivity index (χ0v) is 90.7. The van der Waals surface area contributed by atoms with E-state index >= 15 is 0 Å². The maximum Gasteiger partial charge on any atom is 0.305 e. The maximum atomic E-state index is 14.2. The van der Waals surface area contributed by atoms with Gasteiger partial charge < -0.3 is 29.2 Å². The Hall–Kier alpha value is -3.91. The molecule has 2 N–H and O–H groups in total. The lowest BCUT2D eigenvalue weighted by Gasteiger charge is -2.65. The summed E-state index contributed by atoms with van der Waals surface area (Å²) in [5.74, 6) is 10.7. The van der Waals surface area contributed by atoms with Crippen LogP contribution in [0.1, 0.15) is 357 Å². The van der Waals surface area contributed by atoms with Crippen LogP contribution in [0.4, 0.5) is 0 Å². The Labute approximate surface area is 828 Å². The average molecular weight is 2000 g/mol. The van der Waals surface area contributed by atoms with Gasteiger partial charge in [-0.25, -0.2) is 0 Å². The van der Waals surface area contributed by atoms with Crippen LogP contribution >= 0.6 is 31.9 Å². The van der Waals surface area contributed by atoms with Crippen molar-refractivity contribution in [1.82, 2.24) is 0 Å². The van der Waals surface area contributed by atoms with Gasteiger partial charge in [0.1, 0.15) is 28.9 Å². The molecule has 0 saturated heterocycles. The molecular weight excluding hydrogens is 1810 g/mol. The third-order valence-corrected chi connectivity index (χ3v) is 46.8. The minimum Gasteiger partial charge on any atom is -0.481 e. The van der Waals surface area contributed by atoms with Gasteiger partial charge in [0.2, 0.25) is 0 Å². The number of hydrogen-bond donors (Lipinski definition) is 2. The largest absolute Gasteiger partial charge is 0.481 e. The van der Waals surface area contributed by atoms with Crippen LogP contribution in [0.25, 0.3) is 0 Å². The first-order chi connectivity index (χ1) is 63.5. The van der Waals surface area contributed by atoms with E-state index in [9.17, 15) is 53.1 Å².